The van der Waals surface area contributed by atoms with E-state index in [1.165, 1.54) is 0 Å². The second-order valence-electron chi connectivity index (χ2n) is 6.49. The molecule has 0 saturated heterocycles. The average Bonchev–Trinajstić information content (AvgIpc) is 2.37. The summed E-state index contributed by atoms with van der Waals surface area (Å²) in [6.07, 6.45) is 2.41. The number of phenols is 1. The lowest BCUT2D eigenvalue weighted by atomic mass is 9.86. The van der Waals surface area contributed by atoms with Gasteiger partial charge in [0.2, 0.25) is 0 Å². The molecule has 0 bridgehead atoms. The second kappa shape index (κ2) is 7.83. The van der Waals surface area contributed by atoms with Crippen LogP contribution in [0.3, 0.4) is 0 Å². The molecule has 0 spiro atoms. The van der Waals surface area contributed by atoms with Gasteiger partial charge in [0, 0.05) is 22.9 Å². The van der Waals surface area contributed by atoms with Crippen molar-refractivity contribution in [2.45, 2.75) is 47.0 Å². The van der Waals surface area contributed by atoms with Crippen LogP contribution in [0.4, 0.5) is 0 Å². The van der Waals surface area contributed by atoms with E-state index in [4.69, 9.17) is 4.74 Å². The van der Waals surface area contributed by atoms with E-state index >= 15 is 0 Å². The molecule has 0 radical (unpaired) electrons. The molecule has 0 atom stereocenters. The Morgan fingerprint density at radius 2 is 1.95 bits per heavy atom. The zero-order valence-corrected chi connectivity index (χ0v) is 14.9. The van der Waals surface area contributed by atoms with Crippen LogP contribution in [0, 0.1) is 12.3 Å². The SMILES string of the molecule is Cc1c(C(=O)CC(C)(C)C)ccc(OCCCCBr)c1O. The van der Waals surface area contributed by atoms with Gasteiger partial charge < -0.3 is 9.84 Å². The minimum atomic E-state index is -0.0655. The van der Waals surface area contributed by atoms with Crippen LogP contribution in [0.2, 0.25) is 0 Å². The number of rotatable bonds is 7. The highest BCUT2D eigenvalue weighted by Gasteiger charge is 2.21. The molecule has 1 aromatic rings. The summed E-state index contributed by atoms with van der Waals surface area (Å²) in [5, 5.41) is 11.1. The van der Waals surface area contributed by atoms with E-state index in [2.05, 4.69) is 15.9 Å². The lowest BCUT2D eigenvalue weighted by Gasteiger charge is -2.18. The number of unbranched alkanes of at least 4 members (excludes halogenated alkanes) is 1. The predicted octanol–water partition coefficient (Wildman–Crippen LogP) is 4.87. The third kappa shape index (κ3) is 5.70. The molecule has 118 valence electrons. The van der Waals surface area contributed by atoms with Crippen molar-refractivity contribution in [3.8, 4) is 11.5 Å². The average molecular weight is 357 g/mol. The van der Waals surface area contributed by atoms with E-state index in [-0.39, 0.29) is 16.9 Å². The summed E-state index contributed by atoms with van der Waals surface area (Å²) in [5.74, 6) is 0.587. The maximum Gasteiger partial charge on any atom is 0.163 e. The number of ether oxygens (including phenoxy) is 1. The molecule has 0 aromatic heterocycles. The highest BCUT2D eigenvalue weighted by Crippen LogP contribution is 2.33. The molecule has 0 saturated carbocycles. The van der Waals surface area contributed by atoms with Crippen molar-refractivity contribution >= 4 is 21.7 Å². The molecule has 1 aromatic carbocycles. The van der Waals surface area contributed by atoms with E-state index in [9.17, 15) is 9.90 Å². The molecule has 0 fully saturated rings. The van der Waals surface area contributed by atoms with E-state index in [0.29, 0.717) is 29.9 Å². The Hall–Kier alpha value is -1.03. The fourth-order valence-corrected chi connectivity index (χ4v) is 2.45. The number of carbonyl (C=O) groups excluding carboxylic acids is 1. The number of hydrogen-bond donors (Lipinski definition) is 1. The first-order valence-corrected chi connectivity index (χ1v) is 8.43. The van der Waals surface area contributed by atoms with Gasteiger partial charge in [-0.3, -0.25) is 4.79 Å². The lowest BCUT2D eigenvalue weighted by molar-refractivity contribution is 0.0938. The minimum Gasteiger partial charge on any atom is -0.504 e. The number of alkyl halides is 1. The van der Waals surface area contributed by atoms with Crippen LogP contribution >= 0.6 is 15.9 Å². The molecule has 0 aliphatic heterocycles. The van der Waals surface area contributed by atoms with Crippen molar-refractivity contribution in [1.82, 2.24) is 0 Å². The number of Topliss-reactive ketones (excluding diaryl/α,β-unsaturated/α-hetero) is 1. The molecule has 4 heteroatoms. The van der Waals surface area contributed by atoms with Crippen LogP contribution in [0.5, 0.6) is 11.5 Å². The Kier molecular flexibility index (Phi) is 6.72. The summed E-state index contributed by atoms with van der Waals surface area (Å²) in [5.41, 5.74) is 1.11. The van der Waals surface area contributed by atoms with Crippen molar-refractivity contribution < 1.29 is 14.6 Å². The van der Waals surface area contributed by atoms with Crippen LogP contribution < -0.4 is 4.74 Å². The number of phenolic OH excluding ortho intramolecular Hbond substituents is 1. The van der Waals surface area contributed by atoms with Gasteiger partial charge in [0.05, 0.1) is 6.61 Å². The zero-order chi connectivity index (χ0) is 16.0. The molecule has 21 heavy (non-hydrogen) atoms. The fourth-order valence-electron chi connectivity index (χ4n) is 2.05. The van der Waals surface area contributed by atoms with Gasteiger partial charge in [-0.2, -0.15) is 0 Å². The molecule has 0 amide bonds. The molecule has 0 heterocycles. The van der Waals surface area contributed by atoms with Gasteiger partial charge in [-0.1, -0.05) is 36.7 Å². The first kappa shape index (κ1) is 18.0. The molecule has 0 unspecified atom stereocenters. The topological polar surface area (TPSA) is 46.5 Å². The predicted molar refractivity (Wildman–Crippen MR) is 89.8 cm³/mol. The summed E-state index contributed by atoms with van der Waals surface area (Å²) in [6, 6.07) is 3.44. The summed E-state index contributed by atoms with van der Waals surface area (Å²) in [4.78, 5) is 12.3. The summed E-state index contributed by atoms with van der Waals surface area (Å²) >= 11 is 3.37. The fraction of sp³-hybridized carbons (Fsp3) is 0.588. The van der Waals surface area contributed by atoms with Crippen molar-refractivity contribution in [1.29, 1.82) is 0 Å². The van der Waals surface area contributed by atoms with Crippen LogP contribution in [0.15, 0.2) is 12.1 Å². The van der Waals surface area contributed by atoms with Crippen molar-refractivity contribution in [3.63, 3.8) is 0 Å². The van der Waals surface area contributed by atoms with Gasteiger partial charge in [-0.15, -0.1) is 0 Å². The molecule has 1 rings (SSSR count). The Morgan fingerprint density at radius 3 is 2.52 bits per heavy atom. The normalized spacial score (nSPS) is 11.5. The molecule has 1 N–H and O–H groups in total. The van der Waals surface area contributed by atoms with Gasteiger partial charge in [-0.25, -0.2) is 0 Å². The largest absolute Gasteiger partial charge is 0.504 e. The number of benzene rings is 1. The summed E-state index contributed by atoms with van der Waals surface area (Å²) < 4.78 is 5.57. The van der Waals surface area contributed by atoms with Crippen molar-refractivity contribution in [2.24, 2.45) is 5.41 Å². The van der Waals surface area contributed by atoms with Gasteiger partial charge in [0.1, 0.15) is 0 Å². The highest BCUT2D eigenvalue weighted by atomic mass is 79.9. The molecule has 0 aliphatic carbocycles. The Morgan fingerprint density at radius 1 is 1.29 bits per heavy atom. The quantitative estimate of drug-likeness (QED) is 0.430. The van der Waals surface area contributed by atoms with Crippen LogP contribution in [-0.4, -0.2) is 22.8 Å². The molecular weight excluding hydrogens is 332 g/mol. The van der Waals surface area contributed by atoms with E-state index in [1.807, 2.05) is 20.8 Å². The zero-order valence-electron chi connectivity index (χ0n) is 13.3. The van der Waals surface area contributed by atoms with Gasteiger partial charge >= 0.3 is 0 Å². The van der Waals surface area contributed by atoms with Gasteiger partial charge in [-0.05, 0) is 37.3 Å². The smallest absolute Gasteiger partial charge is 0.163 e. The first-order chi connectivity index (χ1) is 9.76. The summed E-state index contributed by atoms with van der Waals surface area (Å²) in [6.45, 7) is 8.41. The van der Waals surface area contributed by atoms with E-state index < -0.39 is 0 Å². The number of halogens is 1. The standard InChI is InChI=1S/C17H25BrO3/c1-12-13(14(19)11-17(2,3)4)7-8-15(16(12)20)21-10-6-5-9-18/h7-8,20H,5-6,9-11H2,1-4H3. The third-order valence-electron chi connectivity index (χ3n) is 3.17. The first-order valence-electron chi connectivity index (χ1n) is 7.31. The lowest BCUT2D eigenvalue weighted by Crippen LogP contribution is -2.14. The van der Waals surface area contributed by atoms with Gasteiger partial charge in [0.25, 0.3) is 0 Å². The number of ketones is 1. The van der Waals surface area contributed by atoms with Crippen molar-refractivity contribution in [3.05, 3.63) is 23.3 Å². The second-order valence-corrected chi connectivity index (χ2v) is 7.28. The Balaban J connectivity index is 2.82. The number of hydrogen-bond acceptors (Lipinski definition) is 3. The summed E-state index contributed by atoms with van der Waals surface area (Å²) in [7, 11) is 0. The Labute approximate surface area is 135 Å². The maximum absolute atomic E-state index is 12.3. The number of aromatic hydroxyl groups is 1. The Bertz CT molecular complexity index is 490. The van der Waals surface area contributed by atoms with Crippen LogP contribution in [0.25, 0.3) is 0 Å². The molecule has 3 nitrogen and oxygen atoms in total. The van der Waals surface area contributed by atoms with Crippen LogP contribution in [0.1, 0.15) is 56.0 Å². The van der Waals surface area contributed by atoms with Crippen molar-refractivity contribution in [2.75, 3.05) is 11.9 Å². The molecule has 0 aliphatic rings. The highest BCUT2D eigenvalue weighted by molar-refractivity contribution is 9.09. The van der Waals surface area contributed by atoms with E-state index in [0.717, 1.165) is 18.2 Å². The third-order valence-corrected chi connectivity index (χ3v) is 3.73. The maximum atomic E-state index is 12.3. The minimum absolute atomic E-state index is 0.0566. The molecular formula is C17H25BrO3. The number of carbonyl (C=O) groups is 1. The van der Waals surface area contributed by atoms with Gasteiger partial charge in [0.15, 0.2) is 17.3 Å². The van der Waals surface area contributed by atoms with E-state index in [1.54, 1.807) is 19.1 Å². The van der Waals surface area contributed by atoms with Crippen LogP contribution in [-0.2, 0) is 0 Å². The monoisotopic (exact) mass is 356 g/mol.